The van der Waals surface area contributed by atoms with Crippen molar-refractivity contribution in [1.29, 1.82) is 0 Å². The number of amides is 1. The van der Waals surface area contributed by atoms with Gasteiger partial charge in [-0.1, -0.05) is 19.9 Å². The van der Waals surface area contributed by atoms with Gasteiger partial charge in [-0.2, -0.15) is 0 Å². The van der Waals surface area contributed by atoms with Crippen LogP contribution < -0.4 is 10.6 Å². The molecule has 2 aliphatic heterocycles. The van der Waals surface area contributed by atoms with Gasteiger partial charge < -0.3 is 20.6 Å². The summed E-state index contributed by atoms with van der Waals surface area (Å²) >= 11 is 6.23. The average Bonchev–Trinajstić information content (AvgIpc) is 2.69. The molecule has 0 bridgehead atoms. The molecule has 3 N–H and O–H groups in total. The second-order valence-corrected chi connectivity index (χ2v) is 9.66. The van der Waals surface area contributed by atoms with E-state index in [0.29, 0.717) is 38.4 Å². The summed E-state index contributed by atoms with van der Waals surface area (Å²) in [5.41, 5.74) is 0.628. The third kappa shape index (κ3) is 5.31. The van der Waals surface area contributed by atoms with Gasteiger partial charge in [0, 0.05) is 31.6 Å². The standard InChI is InChI=1S/C22H36ClN3O2/c1-16(2)20(25-15-17-4-3-11-24-14-17)21(27)26-12-9-22(28,10-13-26)18-5-7-19(23)8-6-18/h3-4,11,16,18-20,24-25,28H,5-10,12-15H2,1-2H3/t18?,19?,20-/m1/s1. The van der Waals surface area contributed by atoms with Crippen molar-refractivity contribution in [2.24, 2.45) is 11.8 Å². The Morgan fingerprint density at radius 3 is 2.57 bits per heavy atom. The van der Waals surface area contributed by atoms with Crippen molar-refractivity contribution < 1.29 is 9.90 Å². The topological polar surface area (TPSA) is 64.6 Å². The molecule has 0 radical (unpaired) electrons. The van der Waals surface area contributed by atoms with Gasteiger partial charge in [0.25, 0.3) is 0 Å². The van der Waals surface area contributed by atoms with Gasteiger partial charge in [-0.05, 0) is 68.2 Å². The summed E-state index contributed by atoms with van der Waals surface area (Å²) in [6.07, 6.45) is 11.4. The fourth-order valence-corrected chi connectivity index (χ4v) is 5.03. The number of hydrogen-bond acceptors (Lipinski definition) is 4. The average molecular weight is 410 g/mol. The third-order valence-electron chi connectivity index (χ3n) is 6.71. The highest BCUT2D eigenvalue weighted by atomic mass is 35.5. The predicted molar refractivity (Wildman–Crippen MR) is 114 cm³/mol. The van der Waals surface area contributed by atoms with Crippen molar-refractivity contribution in [2.75, 3.05) is 26.2 Å². The van der Waals surface area contributed by atoms with Gasteiger partial charge in [0.05, 0.1) is 11.6 Å². The van der Waals surface area contributed by atoms with Crippen molar-refractivity contribution in [2.45, 2.75) is 69.4 Å². The Bertz CT molecular complexity index is 589. The van der Waals surface area contributed by atoms with Crippen LogP contribution in [0.5, 0.6) is 0 Å². The van der Waals surface area contributed by atoms with Gasteiger partial charge in [0.1, 0.15) is 0 Å². The van der Waals surface area contributed by atoms with E-state index in [9.17, 15) is 9.90 Å². The number of aliphatic hydroxyl groups is 1. The molecule has 28 heavy (non-hydrogen) atoms. The first kappa shape index (κ1) is 21.7. The largest absolute Gasteiger partial charge is 0.389 e. The van der Waals surface area contributed by atoms with Crippen LogP contribution in [0.3, 0.4) is 0 Å². The summed E-state index contributed by atoms with van der Waals surface area (Å²) in [5, 5.41) is 18.1. The summed E-state index contributed by atoms with van der Waals surface area (Å²) in [7, 11) is 0. The molecule has 3 rings (SSSR count). The zero-order valence-corrected chi connectivity index (χ0v) is 18.0. The Morgan fingerprint density at radius 1 is 1.32 bits per heavy atom. The van der Waals surface area contributed by atoms with E-state index in [4.69, 9.17) is 11.6 Å². The van der Waals surface area contributed by atoms with E-state index in [1.807, 2.05) is 17.2 Å². The van der Waals surface area contributed by atoms with Crippen molar-refractivity contribution in [1.82, 2.24) is 15.5 Å². The fourth-order valence-electron chi connectivity index (χ4n) is 4.78. The fraction of sp³-hybridized carbons (Fsp3) is 0.773. The Labute approximate surface area is 174 Å². The van der Waals surface area contributed by atoms with E-state index in [2.05, 4.69) is 30.6 Å². The molecule has 3 aliphatic rings. The van der Waals surface area contributed by atoms with Crippen LogP contribution >= 0.6 is 11.6 Å². The summed E-state index contributed by atoms with van der Waals surface area (Å²) in [5.74, 6) is 0.721. The number of likely N-dealkylation sites (tertiary alicyclic amines) is 1. The molecule has 158 valence electrons. The lowest BCUT2D eigenvalue weighted by Gasteiger charge is -2.45. The van der Waals surface area contributed by atoms with Crippen LogP contribution in [-0.2, 0) is 4.79 Å². The number of allylic oxidation sites excluding steroid dienone is 2. The van der Waals surface area contributed by atoms with Gasteiger partial charge in [-0.3, -0.25) is 4.79 Å². The van der Waals surface area contributed by atoms with E-state index >= 15 is 0 Å². The molecule has 0 aromatic rings. The zero-order chi connectivity index (χ0) is 20.1. The number of alkyl halides is 1. The molecule has 1 aliphatic carbocycles. The number of piperidine rings is 1. The number of hydrogen-bond donors (Lipinski definition) is 3. The molecule has 5 nitrogen and oxygen atoms in total. The van der Waals surface area contributed by atoms with Crippen LogP contribution in [0.2, 0.25) is 0 Å². The van der Waals surface area contributed by atoms with Crippen molar-refractivity contribution in [3.8, 4) is 0 Å². The van der Waals surface area contributed by atoms with Gasteiger partial charge >= 0.3 is 0 Å². The maximum Gasteiger partial charge on any atom is 0.239 e. The minimum Gasteiger partial charge on any atom is -0.389 e. The maximum absolute atomic E-state index is 13.2. The SMILES string of the molecule is CC(C)[C@@H](NCC1=CC=CNC1)C(=O)N1CCC(O)(C2CCC(Cl)CC2)CC1. The van der Waals surface area contributed by atoms with E-state index in [1.165, 1.54) is 5.57 Å². The Morgan fingerprint density at radius 2 is 2.00 bits per heavy atom. The van der Waals surface area contributed by atoms with Crippen LogP contribution in [0.1, 0.15) is 52.4 Å². The highest BCUT2D eigenvalue weighted by Gasteiger charge is 2.42. The Balaban J connectivity index is 1.53. The number of nitrogens with zero attached hydrogens (tertiary/aromatic N) is 1. The van der Waals surface area contributed by atoms with Gasteiger partial charge in [0.15, 0.2) is 0 Å². The lowest BCUT2D eigenvalue weighted by molar-refractivity contribution is -0.141. The predicted octanol–water partition coefficient (Wildman–Crippen LogP) is 2.80. The van der Waals surface area contributed by atoms with Gasteiger partial charge in [-0.15, -0.1) is 11.6 Å². The summed E-state index contributed by atoms with van der Waals surface area (Å²) in [6, 6.07) is -0.190. The third-order valence-corrected chi connectivity index (χ3v) is 7.15. The van der Waals surface area contributed by atoms with Crippen LogP contribution in [0.25, 0.3) is 0 Å². The first-order chi connectivity index (χ1) is 13.4. The first-order valence-electron chi connectivity index (χ1n) is 10.9. The maximum atomic E-state index is 13.2. The summed E-state index contributed by atoms with van der Waals surface area (Å²) in [4.78, 5) is 15.1. The molecule has 6 heteroatoms. The molecular formula is C22H36ClN3O2. The number of halogens is 1. The normalized spacial score (nSPS) is 28.6. The Kier molecular flexibility index (Phi) is 7.46. The quantitative estimate of drug-likeness (QED) is 0.590. The van der Waals surface area contributed by atoms with Crippen molar-refractivity contribution >= 4 is 17.5 Å². The highest BCUT2D eigenvalue weighted by molar-refractivity contribution is 6.20. The number of carbonyl (C=O) groups is 1. The summed E-state index contributed by atoms with van der Waals surface area (Å²) < 4.78 is 0. The highest BCUT2D eigenvalue weighted by Crippen LogP contribution is 2.40. The minimum atomic E-state index is -0.626. The lowest BCUT2D eigenvalue weighted by Crippen LogP contribution is -2.56. The monoisotopic (exact) mass is 409 g/mol. The molecule has 1 amide bonds. The first-order valence-corrected chi connectivity index (χ1v) is 11.3. The smallest absolute Gasteiger partial charge is 0.239 e. The molecule has 1 saturated carbocycles. The van der Waals surface area contributed by atoms with Crippen molar-refractivity contribution in [3.05, 3.63) is 23.9 Å². The molecule has 0 unspecified atom stereocenters. The molecule has 0 aromatic carbocycles. The number of nitrogens with one attached hydrogen (secondary N) is 2. The lowest BCUT2D eigenvalue weighted by atomic mass is 9.72. The van der Waals surface area contributed by atoms with Crippen molar-refractivity contribution in [3.63, 3.8) is 0 Å². The molecule has 1 atom stereocenters. The molecule has 1 saturated heterocycles. The molecule has 0 spiro atoms. The second-order valence-electron chi connectivity index (χ2n) is 9.05. The van der Waals surface area contributed by atoms with Crippen LogP contribution in [-0.4, -0.2) is 59.1 Å². The van der Waals surface area contributed by atoms with Gasteiger partial charge in [-0.25, -0.2) is 0 Å². The summed E-state index contributed by atoms with van der Waals surface area (Å²) in [6.45, 7) is 7.01. The second kappa shape index (κ2) is 9.64. The van der Waals surface area contributed by atoms with E-state index in [-0.39, 0.29) is 23.2 Å². The Hall–Kier alpha value is -1.04. The minimum absolute atomic E-state index is 0.168. The van der Waals surface area contributed by atoms with E-state index in [1.54, 1.807) is 0 Å². The number of carbonyl (C=O) groups excluding carboxylic acids is 1. The van der Waals surface area contributed by atoms with E-state index < -0.39 is 5.60 Å². The van der Waals surface area contributed by atoms with Gasteiger partial charge in [0.2, 0.25) is 5.91 Å². The van der Waals surface area contributed by atoms with Crippen LogP contribution in [0.15, 0.2) is 23.9 Å². The molecule has 2 fully saturated rings. The van der Waals surface area contributed by atoms with E-state index in [0.717, 1.165) is 32.2 Å². The molecule has 2 heterocycles. The van der Waals surface area contributed by atoms with Crippen LogP contribution in [0, 0.1) is 11.8 Å². The number of dihydropyridines is 1. The molecule has 0 aromatic heterocycles. The molecular weight excluding hydrogens is 374 g/mol. The number of rotatable bonds is 6. The van der Waals surface area contributed by atoms with Crippen LogP contribution in [0.4, 0.5) is 0 Å². The zero-order valence-electron chi connectivity index (χ0n) is 17.3.